The number of hydrogen-bond donors (Lipinski definition) is 0. The minimum atomic E-state index is 0.137. The fourth-order valence-corrected chi connectivity index (χ4v) is 4.94. The average molecular weight is 374 g/mol. The fraction of sp³-hybridized carbons (Fsp3) is 0.800. The van der Waals surface area contributed by atoms with E-state index in [2.05, 4.69) is 14.8 Å². The van der Waals surface area contributed by atoms with Gasteiger partial charge in [0.2, 0.25) is 11.8 Å². The van der Waals surface area contributed by atoms with Crippen molar-refractivity contribution in [2.24, 2.45) is 5.92 Å². The van der Waals surface area contributed by atoms with Gasteiger partial charge in [0, 0.05) is 45.4 Å². The Morgan fingerprint density at radius 3 is 2.56 bits per heavy atom. The number of carbonyl (C=O) groups is 2. The van der Waals surface area contributed by atoms with Crippen molar-refractivity contribution in [3.05, 3.63) is 11.6 Å². The number of aromatic nitrogens is 3. The Hall–Kier alpha value is -1.92. The first-order valence-corrected chi connectivity index (χ1v) is 10.6. The molecule has 7 heteroatoms. The number of amides is 2. The predicted octanol–water partition coefficient (Wildman–Crippen LogP) is 2.32. The molecule has 3 heterocycles. The number of carbonyl (C=O) groups excluding carboxylic acids is 2. The van der Waals surface area contributed by atoms with Crippen LogP contribution in [-0.4, -0.2) is 56.0 Å². The molecule has 1 saturated heterocycles. The minimum absolute atomic E-state index is 0.137. The van der Waals surface area contributed by atoms with Crippen molar-refractivity contribution in [2.75, 3.05) is 19.6 Å². The summed E-state index contributed by atoms with van der Waals surface area (Å²) >= 11 is 0. The Balaban J connectivity index is 1.39. The zero-order valence-corrected chi connectivity index (χ0v) is 16.4. The van der Waals surface area contributed by atoms with Crippen molar-refractivity contribution in [3.8, 4) is 0 Å². The molecule has 0 bridgehead atoms. The second kappa shape index (κ2) is 7.98. The third-order valence-electron chi connectivity index (χ3n) is 6.55. The van der Waals surface area contributed by atoms with Crippen molar-refractivity contribution >= 4 is 11.8 Å². The standard InChI is InChI=1S/C20H31N5O2/c1-15(26)23-9-5-8-17(13-23)20-22-21-18-14-24(10-11-25(18)20)19(27)12-16-6-3-2-4-7-16/h16-17H,2-14H2,1H3. The summed E-state index contributed by atoms with van der Waals surface area (Å²) < 4.78 is 2.19. The lowest BCUT2D eigenvalue weighted by molar-refractivity contribution is -0.134. The highest BCUT2D eigenvalue weighted by molar-refractivity contribution is 5.76. The number of piperidine rings is 1. The number of likely N-dealkylation sites (tertiary alicyclic amines) is 1. The van der Waals surface area contributed by atoms with Crippen molar-refractivity contribution < 1.29 is 9.59 Å². The molecule has 1 saturated carbocycles. The molecule has 1 aromatic heterocycles. The number of nitrogens with zero attached hydrogens (tertiary/aromatic N) is 5. The van der Waals surface area contributed by atoms with E-state index in [-0.39, 0.29) is 17.7 Å². The predicted molar refractivity (Wildman–Crippen MR) is 101 cm³/mol. The maximum atomic E-state index is 12.7. The first kappa shape index (κ1) is 18.4. The molecule has 3 aliphatic rings. The molecule has 1 aliphatic carbocycles. The number of rotatable bonds is 3. The summed E-state index contributed by atoms with van der Waals surface area (Å²) in [4.78, 5) is 28.3. The summed E-state index contributed by atoms with van der Waals surface area (Å²) in [5.74, 6) is 3.13. The van der Waals surface area contributed by atoms with Gasteiger partial charge in [0.1, 0.15) is 5.82 Å². The average Bonchev–Trinajstić information content (AvgIpc) is 3.12. The van der Waals surface area contributed by atoms with Crippen LogP contribution in [0.4, 0.5) is 0 Å². The molecule has 0 radical (unpaired) electrons. The Morgan fingerprint density at radius 2 is 1.78 bits per heavy atom. The summed E-state index contributed by atoms with van der Waals surface area (Å²) in [5, 5.41) is 8.86. The Bertz CT molecular complexity index is 695. The maximum absolute atomic E-state index is 12.7. The van der Waals surface area contributed by atoms with Gasteiger partial charge in [-0.25, -0.2) is 0 Å². The van der Waals surface area contributed by atoms with Gasteiger partial charge in [0.15, 0.2) is 5.82 Å². The topological polar surface area (TPSA) is 71.3 Å². The van der Waals surface area contributed by atoms with E-state index in [4.69, 9.17) is 0 Å². The van der Waals surface area contributed by atoms with Crippen molar-refractivity contribution in [2.45, 2.75) is 77.3 Å². The van der Waals surface area contributed by atoms with Crippen LogP contribution in [0.5, 0.6) is 0 Å². The monoisotopic (exact) mass is 373 g/mol. The highest BCUT2D eigenvalue weighted by Crippen LogP contribution is 2.29. The summed E-state index contributed by atoms with van der Waals surface area (Å²) in [6, 6.07) is 0. The molecule has 2 amide bonds. The summed E-state index contributed by atoms with van der Waals surface area (Å²) in [5.41, 5.74) is 0. The van der Waals surface area contributed by atoms with Crippen LogP contribution in [0.1, 0.15) is 75.9 Å². The zero-order chi connectivity index (χ0) is 18.8. The normalized spacial score (nSPS) is 24.0. The lowest BCUT2D eigenvalue weighted by atomic mass is 9.86. The van der Waals surface area contributed by atoms with Crippen LogP contribution in [0.25, 0.3) is 0 Å². The van der Waals surface area contributed by atoms with Gasteiger partial charge in [-0.1, -0.05) is 19.3 Å². The molecule has 1 atom stereocenters. The maximum Gasteiger partial charge on any atom is 0.223 e. The van der Waals surface area contributed by atoms with E-state index in [1.807, 2.05) is 9.80 Å². The van der Waals surface area contributed by atoms with E-state index in [1.54, 1.807) is 6.92 Å². The van der Waals surface area contributed by atoms with Gasteiger partial charge < -0.3 is 14.4 Å². The molecular formula is C20H31N5O2. The molecular weight excluding hydrogens is 342 g/mol. The van der Waals surface area contributed by atoms with Crippen molar-refractivity contribution in [3.63, 3.8) is 0 Å². The lowest BCUT2D eigenvalue weighted by Gasteiger charge is -2.33. The van der Waals surface area contributed by atoms with Crippen molar-refractivity contribution in [1.29, 1.82) is 0 Å². The molecule has 0 N–H and O–H groups in total. The minimum Gasteiger partial charge on any atom is -0.342 e. The second-order valence-corrected chi connectivity index (χ2v) is 8.45. The molecule has 0 spiro atoms. The van der Waals surface area contributed by atoms with Gasteiger partial charge in [-0.3, -0.25) is 9.59 Å². The molecule has 2 aliphatic heterocycles. The first-order chi connectivity index (χ1) is 13.1. The lowest BCUT2D eigenvalue weighted by Crippen LogP contribution is -2.41. The zero-order valence-electron chi connectivity index (χ0n) is 16.4. The number of hydrogen-bond acceptors (Lipinski definition) is 4. The van der Waals surface area contributed by atoms with Crippen LogP contribution in [0.2, 0.25) is 0 Å². The van der Waals surface area contributed by atoms with Gasteiger partial charge in [-0.15, -0.1) is 10.2 Å². The Morgan fingerprint density at radius 1 is 0.963 bits per heavy atom. The third-order valence-corrected chi connectivity index (χ3v) is 6.55. The molecule has 1 unspecified atom stereocenters. The second-order valence-electron chi connectivity index (χ2n) is 8.45. The summed E-state index contributed by atoms with van der Waals surface area (Å²) in [6.07, 6.45) is 9.02. The van der Waals surface area contributed by atoms with E-state index in [0.717, 1.165) is 50.7 Å². The van der Waals surface area contributed by atoms with Gasteiger partial charge >= 0.3 is 0 Å². The largest absolute Gasteiger partial charge is 0.342 e. The quantitative estimate of drug-likeness (QED) is 0.815. The van der Waals surface area contributed by atoms with Crippen LogP contribution in [0.15, 0.2) is 0 Å². The highest BCUT2D eigenvalue weighted by atomic mass is 16.2. The molecule has 27 heavy (non-hydrogen) atoms. The van der Waals surface area contributed by atoms with Crippen LogP contribution < -0.4 is 0 Å². The molecule has 148 valence electrons. The Kier molecular flexibility index (Phi) is 5.45. The third kappa shape index (κ3) is 4.01. The summed E-state index contributed by atoms with van der Waals surface area (Å²) in [6.45, 7) is 5.30. The van der Waals surface area contributed by atoms with Crippen LogP contribution >= 0.6 is 0 Å². The fourth-order valence-electron chi connectivity index (χ4n) is 4.94. The van der Waals surface area contributed by atoms with Gasteiger partial charge in [0.05, 0.1) is 6.54 Å². The molecule has 1 aromatic rings. The van der Waals surface area contributed by atoms with Crippen LogP contribution in [-0.2, 0) is 22.7 Å². The van der Waals surface area contributed by atoms with Gasteiger partial charge in [-0.2, -0.15) is 0 Å². The smallest absolute Gasteiger partial charge is 0.223 e. The number of fused-ring (bicyclic) bond motifs is 1. The van der Waals surface area contributed by atoms with E-state index in [9.17, 15) is 9.59 Å². The van der Waals surface area contributed by atoms with Crippen molar-refractivity contribution in [1.82, 2.24) is 24.6 Å². The first-order valence-electron chi connectivity index (χ1n) is 10.6. The van der Waals surface area contributed by atoms with Gasteiger partial charge in [0.25, 0.3) is 0 Å². The van der Waals surface area contributed by atoms with E-state index >= 15 is 0 Å². The van der Waals surface area contributed by atoms with E-state index in [1.165, 1.54) is 32.1 Å². The van der Waals surface area contributed by atoms with Crippen LogP contribution in [0.3, 0.4) is 0 Å². The Labute approximate surface area is 161 Å². The molecule has 0 aromatic carbocycles. The summed E-state index contributed by atoms with van der Waals surface area (Å²) in [7, 11) is 0. The van der Waals surface area contributed by atoms with Gasteiger partial charge in [-0.05, 0) is 31.6 Å². The highest BCUT2D eigenvalue weighted by Gasteiger charge is 2.31. The SMILES string of the molecule is CC(=O)N1CCCC(c2nnc3n2CCN(C(=O)CC2CCCCC2)C3)C1. The van der Waals surface area contributed by atoms with E-state index in [0.29, 0.717) is 18.9 Å². The van der Waals surface area contributed by atoms with E-state index < -0.39 is 0 Å². The molecule has 7 nitrogen and oxygen atoms in total. The van der Waals surface area contributed by atoms with Crippen LogP contribution in [0, 0.1) is 5.92 Å². The molecule has 2 fully saturated rings. The molecule has 4 rings (SSSR count).